The van der Waals surface area contributed by atoms with Crippen molar-refractivity contribution >= 4 is 11.6 Å². The van der Waals surface area contributed by atoms with Gasteiger partial charge in [-0.15, -0.1) is 0 Å². The first-order valence-corrected chi connectivity index (χ1v) is 10.1. The van der Waals surface area contributed by atoms with Crippen molar-refractivity contribution in [3.63, 3.8) is 0 Å². The van der Waals surface area contributed by atoms with Gasteiger partial charge in [0.05, 0.1) is 0 Å². The highest BCUT2D eigenvalue weighted by Crippen LogP contribution is 2.19. The van der Waals surface area contributed by atoms with Crippen LogP contribution in [0.1, 0.15) is 38.3 Å². The lowest BCUT2D eigenvalue weighted by molar-refractivity contribution is 0.305. The summed E-state index contributed by atoms with van der Waals surface area (Å²) in [7, 11) is 0. The van der Waals surface area contributed by atoms with Gasteiger partial charge in [-0.05, 0) is 76.1 Å². The van der Waals surface area contributed by atoms with Gasteiger partial charge in [0.15, 0.2) is 5.96 Å². The lowest BCUT2D eigenvalue weighted by atomic mass is 10.1. The van der Waals surface area contributed by atoms with Gasteiger partial charge < -0.3 is 20.7 Å². The summed E-state index contributed by atoms with van der Waals surface area (Å²) in [5.74, 6) is 1.74. The molecule has 5 heteroatoms. The van der Waals surface area contributed by atoms with Gasteiger partial charge >= 0.3 is 0 Å². The molecule has 0 saturated heterocycles. The molecule has 0 fully saturated rings. The summed E-state index contributed by atoms with van der Waals surface area (Å²) in [6, 6.07) is 16.7. The minimum atomic E-state index is 0.367. The number of nitrogens with zero attached hydrogens (tertiary/aromatic N) is 2. The first-order chi connectivity index (χ1) is 13.5. The van der Waals surface area contributed by atoms with Crippen molar-refractivity contribution in [2.75, 3.05) is 25.0 Å². The van der Waals surface area contributed by atoms with Gasteiger partial charge in [0.2, 0.25) is 0 Å². The number of benzene rings is 2. The third kappa shape index (κ3) is 6.57. The molecule has 152 valence electrons. The summed E-state index contributed by atoms with van der Waals surface area (Å²) in [6.07, 6.45) is 0.881. The van der Waals surface area contributed by atoms with E-state index in [0.717, 1.165) is 36.9 Å². The SMILES string of the molecule is CCN(C(=NCCCN)Nc1ccc(OCc2ccccc2C)cc1)C(C)C. The molecule has 0 aliphatic carbocycles. The second-order valence-electron chi connectivity index (χ2n) is 7.09. The van der Waals surface area contributed by atoms with Crippen molar-refractivity contribution < 1.29 is 4.74 Å². The van der Waals surface area contributed by atoms with Gasteiger partial charge in [-0.3, -0.25) is 4.99 Å². The average molecular weight is 383 g/mol. The van der Waals surface area contributed by atoms with E-state index in [1.807, 2.05) is 36.4 Å². The molecule has 0 amide bonds. The minimum Gasteiger partial charge on any atom is -0.489 e. The molecule has 0 spiro atoms. The van der Waals surface area contributed by atoms with Gasteiger partial charge in [0, 0.05) is 24.8 Å². The maximum absolute atomic E-state index is 5.94. The number of aliphatic imine (C=N–C) groups is 1. The molecule has 0 aliphatic heterocycles. The number of guanidine groups is 1. The van der Waals surface area contributed by atoms with Crippen LogP contribution in [0.3, 0.4) is 0 Å². The summed E-state index contributed by atoms with van der Waals surface area (Å²) < 4.78 is 5.94. The molecule has 2 rings (SSSR count). The van der Waals surface area contributed by atoms with Gasteiger partial charge in [-0.25, -0.2) is 0 Å². The van der Waals surface area contributed by atoms with Crippen molar-refractivity contribution in [2.45, 2.75) is 46.8 Å². The summed E-state index contributed by atoms with van der Waals surface area (Å²) >= 11 is 0. The second-order valence-corrected chi connectivity index (χ2v) is 7.09. The molecule has 5 nitrogen and oxygen atoms in total. The molecule has 0 bridgehead atoms. The Balaban J connectivity index is 2.03. The van der Waals surface area contributed by atoms with E-state index in [0.29, 0.717) is 19.2 Å². The van der Waals surface area contributed by atoms with Crippen LogP contribution in [0.5, 0.6) is 5.75 Å². The Morgan fingerprint density at radius 3 is 2.46 bits per heavy atom. The molecular weight excluding hydrogens is 348 g/mol. The Morgan fingerprint density at radius 2 is 1.86 bits per heavy atom. The zero-order valence-electron chi connectivity index (χ0n) is 17.6. The molecule has 3 N–H and O–H groups in total. The Bertz CT molecular complexity index is 741. The van der Waals surface area contributed by atoms with Crippen LogP contribution in [-0.2, 0) is 6.61 Å². The smallest absolute Gasteiger partial charge is 0.198 e. The van der Waals surface area contributed by atoms with Crippen molar-refractivity contribution in [2.24, 2.45) is 10.7 Å². The van der Waals surface area contributed by atoms with Gasteiger partial charge in [0.1, 0.15) is 12.4 Å². The van der Waals surface area contributed by atoms with E-state index in [1.54, 1.807) is 0 Å². The van der Waals surface area contributed by atoms with E-state index >= 15 is 0 Å². The molecule has 0 unspecified atom stereocenters. The molecule has 0 aromatic heterocycles. The highest BCUT2D eigenvalue weighted by atomic mass is 16.5. The summed E-state index contributed by atoms with van der Waals surface area (Å²) in [5.41, 5.74) is 9.06. The fourth-order valence-corrected chi connectivity index (χ4v) is 2.93. The predicted octanol–water partition coefficient (Wildman–Crippen LogP) is 4.42. The Morgan fingerprint density at radius 1 is 1.14 bits per heavy atom. The van der Waals surface area contributed by atoms with Crippen LogP contribution in [0, 0.1) is 6.92 Å². The van der Waals surface area contributed by atoms with E-state index in [-0.39, 0.29) is 0 Å². The lowest BCUT2D eigenvalue weighted by Crippen LogP contribution is -2.41. The van der Waals surface area contributed by atoms with Crippen LogP contribution >= 0.6 is 0 Å². The Kier molecular flexibility index (Phi) is 8.82. The second kappa shape index (κ2) is 11.3. The number of nitrogens with one attached hydrogen (secondary N) is 1. The van der Waals surface area contributed by atoms with Crippen LogP contribution in [0.15, 0.2) is 53.5 Å². The molecule has 0 heterocycles. The zero-order valence-corrected chi connectivity index (χ0v) is 17.6. The standard InChI is InChI=1S/C23H34N4O/c1-5-27(18(2)3)23(25-16-8-15-24)26-21-11-13-22(14-12-21)28-17-20-10-7-6-9-19(20)4/h6-7,9-14,18H,5,8,15-17,24H2,1-4H3,(H,25,26). The van der Waals surface area contributed by atoms with Gasteiger partial charge in [-0.1, -0.05) is 24.3 Å². The van der Waals surface area contributed by atoms with Crippen molar-refractivity contribution in [3.8, 4) is 5.75 Å². The first-order valence-electron chi connectivity index (χ1n) is 10.1. The Hall–Kier alpha value is -2.53. The molecule has 0 atom stereocenters. The number of anilines is 1. The number of rotatable bonds is 9. The highest BCUT2D eigenvalue weighted by molar-refractivity contribution is 5.93. The van der Waals surface area contributed by atoms with E-state index in [1.165, 1.54) is 11.1 Å². The third-order valence-electron chi connectivity index (χ3n) is 4.63. The molecule has 2 aromatic rings. The maximum Gasteiger partial charge on any atom is 0.198 e. The van der Waals surface area contributed by atoms with Crippen LogP contribution < -0.4 is 15.8 Å². The molecular formula is C23H34N4O. The van der Waals surface area contributed by atoms with E-state index in [2.05, 4.69) is 50.0 Å². The van der Waals surface area contributed by atoms with Crippen LogP contribution in [-0.4, -0.2) is 36.5 Å². The highest BCUT2D eigenvalue weighted by Gasteiger charge is 2.13. The minimum absolute atomic E-state index is 0.367. The lowest BCUT2D eigenvalue weighted by Gasteiger charge is -2.29. The molecule has 0 aliphatic rings. The monoisotopic (exact) mass is 382 g/mol. The quantitative estimate of drug-likeness (QED) is 0.383. The van der Waals surface area contributed by atoms with E-state index in [4.69, 9.17) is 15.5 Å². The van der Waals surface area contributed by atoms with E-state index < -0.39 is 0 Å². The average Bonchev–Trinajstić information content (AvgIpc) is 2.69. The third-order valence-corrected chi connectivity index (χ3v) is 4.63. The van der Waals surface area contributed by atoms with Crippen LogP contribution in [0.2, 0.25) is 0 Å². The molecule has 28 heavy (non-hydrogen) atoms. The maximum atomic E-state index is 5.94. The fraction of sp³-hybridized carbons (Fsp3) is 0.435. The molecule has 2 aromatic carbocycles. The predicted molar refractivity (Wildman–Crippen MR) is 119 cm³/mol. The fourth-order valence-electron chi connectivity index (χ4n) is 2.93. The van der Waals surface area contributed by atoms with Crippen LogP contribution in [0.25, 0.3) is 0 Å². The number of hydrogen-bond donors (Lipinski definition) is 2. The zero-order chi connectivity index (χ0) is 20.4. The van der Waals surface area contributed by atoms with Crippen molar-refractivity contribution in [1.82, 2.24) is 4.90 Å². The topological polar surface area (TPSA) is 62.9 Å². The van der Waals surface area contributed by atoms with Gasteiger partial charge in [0.25, 0.3) is 0 Å². The summed E-state index contributed by atoms with van der Waals surface area (Å²) in [4.78, 5) is 6.98. The number of aryl methyl sites for hydroxylation is 1. The van der Waals surface area contributed by atoms with Crippen molar-refractivity contribution in [3.05, 3.63) is 59.7 Å². The number of hydrogen-bond acceptors (Lipinski definition) is 3. The Labute approximate surface area is 169 Å². The molecule has 0 radical (unpaired) electrons. The number of ether oxygens (including phenoxy) is 1. The first kappa shape index (κ1) is 21.8. The van der Waals surface area contributed by atoms with Crippen molar-refractivity contribution in [1.29, 1.82) is 0 Å². The van der Waals surface area contributed by atoms with Gasteiger partial charge in [-0.2, -0.15) is 0 Å². The normalized spacial score (nSPS) is 11.6. The summed E-state index contributed by atoms with van der Waals surface area (Å²) in [6.45, 7) is 11.4. The van der Waals surface area contributed by atoms with E-state index in [9.17, 15) is 0 Å². The molecule has 0 saturated carbocycles. The largest absolute Gasteiger partial charge is 0.489 e. The summed E-state index contributed by atoms with van der Waals surface area (Å²) in [5, 5.41) is 3.46. The number of nitrogens with two attached hydrogens (primary N) is 1. The van der Waals surface area contributed by atoms with Crippen LogP contribution in [0.4, 0.5) is 5.69 Å².